The Balaban J connectivity index is 3.83. The van der Waals surface area contributed by atoms with Crippen LogP contribution in [0.15, 0.2) is 6.07 Å². The third-order valence-corrected chi connectivity index (χ3v) is 1.94. The van der Waals surface area contributed by atoms with Gasteiger partial charge in [0.15, 0.2) is 11.5 Å². The molecule has 0 aliphatic rings. The van der Waals surface area contributed by atoms with Gasteiger partial charge in [-0.2, -0.15) is 0 Å². The van der Waals surface area contributed by atoms with Crippen molar-refractivity contribution in [3.63, 3.8) is 0 Å². The highest BCUT2D eigenvalue weighted by Crippen LogP contribution is 2.34. The predicted octanol–water partition coefficient (Wildman–Crippen LogP) is 0.192. The van der Waals surface area contributed by atoms with E-state index in [4.69, 9.17) is 20.4 Å². The lowest BCUT2D eigenvalue weighted by Gasteiger charge is -2.09. The molecule has 0 fully saturated rings. The Morgan fingerprint density at radius 1 is 0.824 bits per heavy atom. The van der Waals surface area contributed by atoms with Crippen molar-refractivity contribution in [1.82, 2.24) is 0 Å². The average Bonchev–Trinajstić information content (AvgIpc) is 2.19. The molecule has 0 saturated heterocycles. The lowest BCUT2D eigenvalue weighted by Crippen LogP contribution is -2.15. The third-order valence-electron chi connectivity index (χ3n) is 1.94. The van der Waals surface area contributed by atoms with Crippen molar-refractivity contribution in [2.45, 2.75) is 0 Å². The molecule has 90 valence electrons. The molecule has 0 saturated carbocycles. The number of rotatable bonds is 3. The second-order valence-electron chi connectivity index (χ2n) is 2.96. The van der Waals surface area contributed by atoms with Gasteiger partial charge in [-0.3, -0.25) is 0 Å². The molecule has 0 aliphatic heterocycles. The maximum atomic E-state index is 10.8. The zero-order valence-electron chi connectivity index (χ0n) is 8.04. The van der Waals surface area contributed by atoms with Crippen molar-refractivity contribution >= 4 is 17.9 Å². The van der Waals surface area contributed by atoms with Crippen molar-refractivity contribution < 1.29 is 39.9 Å². The molecule has 0 radical (unpaired) electrons. The number of carbonyl (C=O) groups is 3. The lowest BCUT2D eigenvalue weighted by molar-refractivity contribution is 0.0630. The molecule has 0 bridgehead atoms. The molecule has 0 amide bonds. The van der Waals surface area contributed by atoms with E-state index in [9.17, 15) is 19.5 Å². The average molecular weight is 242 g/mol. The van der Waals surface area contributed by atoms with Crippen LogP contribution in [0.3, 0.4) is 0 Å². The number of phenols is 2. The fourth-order valence-corrected chi connectivity index (χ4v) is 1.26. The first kappa shape index (κ1) is 12.3. The van der Waals surface area contributed by atoms with Gasteiger partial charge in [0.1, 0.15) is 5.56 Å². The van der Waals surface area contributed by atoms with Gasteiger partial charge in [-0.15, -0.1) is 0 Å². The van der Waals surface area contributed by atoms with E-state index in [0.29, 0.717) is 6.07 Å². The molecule has 1 aromatic carbocycles. The highest BCUT2D eigenvalue weighted by atomic mass is 16.4. The Bertz CT molecular complexity index is 530. The number of benzene rings is 1. The monoisotopic (exact) mass is 242 g/mol. The van der Waals surface area contributed by atoms with Crippen molar-refractivity contribution in [2.24, 2.45) is 0 Å². The lowest BCUT2D eigenvalue weighted by atomic mass is 9.99. The Kier molecular flexibility index (Phi) is 2.90. The minimum Gasteiger partial charge on any atom is -0.504 e. The smallest absolute Gasteiger partial charge is 0.340 e. The summed E-state index contributed by atoms with van der Waals surface area (Å²) in [5.74, 6) is -7.65. The van der Waals surface area contributed by atoms with E-state index < -0.39 is 46.1 Å². The van der Waals surface area contributed by atoms with Crippen LogP contribution in [0.1, 0.15) is 31.1 Å². The second kappa shape index (κ2) is 4.00. The zero-order valence-corrected chi connectivity index (χ0v) is 8.04. The summed E-state index contributed by atoms with van der Waals surface area (Å²) in [6.45, 7) is 0. The van der Waals surface area contributed by atoms with Crippen LogP contribution in [0, 0.1) is 0 Å². The normalized spacial score (nSPS) is 9.88. The summed E-state index contributed by atoms with van der Waals surface area (Å²) in [4.78, 5) is 32.3. The van der Waals surface area contributed by atoms with Gasteiger partial charge in [-0.05, 0) is 6.07 Å². The summed E-state index contributed by atoms with van der Waals surface area (Å²) in [5, 5.41) is 44.5. The fraction of sp³-hybridized carbons (Fsp3) is 0. The Morgan fingerprint density at radius 3 is 1.65 bits per heavy atom. The van der Waals surface area contributed by atoms with E-state index >= 15 is 0 Å². The minimum atomic E-state index is -1.86. The molecule has 1 rings (SSSR count). The van der Waals surface area contributed by atoms with E-state index in [-0.39, 0.29) is 0 Å². The van der Waals surface area contributed by atoms with Gasteiger partial charge in [0, 0.05) is 0 Å². The van der Waals surface area contributed by atoms with Crippen molar-refractivity contribution in [3.8, 4) is 11.5 Å². The second-order valence-corrected chi connectivity index (χ2v) is 2.96. The molecule has 0 spiro atoms. The minimum absolute atomic E-state index is 0.466. The number of carboxylic acids is 3. The third kappa shape index (κ3) is 1.95. The number of carboxylic acid groups (broad SMARTS) is 3. The maximum absolute atomic E-state index is 10.8. The Morgan fingerprint density at radius 2 is 1.29 bits per heavy atom. The molecule has 0 unspecified atom stereocenters. The first-order valence-corrected chi connectivity index (χ1v) is 4.06. The van der Waals surface area contributed by atoms with Crippen LogP contribution in [0.5, 0.6) is 11.5 Å². The standard InChI is InChI=1S/C9H6O8/c10-3-1-2(7(12)13)4(8(14)15)5(6(3)11)9(16)17/h1,10-11H,(H,12,13)(H,14,15)(H,16,17). The van der Waals surface area contributed by atoms with Crippen LogP contribution >= 0.6 is 0 Å². The summed E-state index contributed by atoms with van der Waals surface area (Å²) in [6.07, 6.45) is 0. The van der Waals surface area contributed by atoms with E-state index in [1.807, 2.05) is 0 Å². The maximum Gasteiger partial charge on any atom is 0.340 e. The van der Waals surface area contributed by atoms with Crippen molar-refractivity contribution in [2.75, 3.05) is 0 Å². The molecule has 1 aromatic rings. The van der Waals surface area contributed by atoms with Crippen molar-refractivity contribution in [3.05, 3.63) is 22.8 Å². The molecular formula is C9H6O8. The van der Waals surface area contributed by atoms with E-state index in [2.05, 4.69) is 0 Å². The number of aromatic carboxylic acids is 3. The molecule has 8 heteroatoms. The van der Waals surface area contributed by atoms with Gasteiger partial charge in [0.2, 0.25) is 0 Å². The SMILES string of the molecule is O=C(O)c1cc(O)c(O)c(C(=O)O)c1C(=O)O. The summed E-state index contributed by atoms with van der Waals surface area (Å²) in [6, 6.07) is 0.466. The van der Waals surface area contributed by atoms with Crippen molar-refractivity contribution in [1.29, 1.82) is 0 Å². The first-order valence-electron chi connectivity index (χ1n) is 4.06. The molecule has 0 aromatic heterocycles. The molecular weight excluding hydrogens is 236 g/mol. The number of hydrogen-bond donors (Lipinski definition) is 5. The van der Waals surface area contributed by atoms with Gasteiger partial charge >= 0.3 is 17.9 Å². The van der Waals surface area contributed by atoms with Gasteiger partial charge < -0.3 is 25.5 Å². The zero-order chi connectivity index (χ0) is 13.3. The van der Waals surface area contributed by atoms with Crippen LogP contribution in [-0.4, -0.2) is 43.4 Å². The summed E-state index contributed by atoms with van der Waals surface area (Å²) in [7, 11) is 0. The number of aromatic hydroxyl groups is 2. The van der Waals surface area contributed by atoms with E-state index in [1.54, 1.807) is 0 Å². The number of phenolic OH excluding ortho intramolecular Hbond substituents is 1. The fourth-order valence-electron chi connectivity index (χ4n) is 1.26. The van der Waals surface area contributed by atoms with Gasteiger partial charge in [-0.1, -0.05) is 0 Å². The topological polar surface area (TPSA) is 152 Å². The van der Waals surface area contributed by atoms with E-state index in [1.165, 1.54) is 0 Å². The van der Waals surface area contributed by atoms with Gasteiger partial charge in [0.25, 0.3) is 0 Å². The molecule has 8 nitrogen and oxygen atoms in total. The molecule has 0 aliphatic carbocycles. The van der Waals surface area contributed by atoms with Gasteiger partial charge in [0.05, 0.1) is 11.1 Å². The molecule has 5 N–H and O–H groups in total. The summed E-state index contributed by atoms with van der Waals surface area (Å²) >= 11 is 0. The van der Waals surface area contributed by atoms with Crippen LogP contribution in [-0.2, 0) is 0 Å². The molecule has 0 atom stereocenters. The molecule has 17 heavy (non-hydrogen) atoms. The first-order chi connectivity index (χ1) is 7.77. The highest BCUT2D eigenvalue weighted by Gasteiger charge is 2.29. The molecule has 0 heterocycles. The Labute approximate surface area is 93.0 Å². The Hall–Kier alpha value is -2.77. The summed E-state index contributed by atoms with van der Waals surface area (Å²) < 4.78 is 0. The summed E-state index contributed by atoms with van der Waals surface area (Å²) in [5.41, 5.74) is -3.19. The van der Waals surface area contributed by atoms with Crippen LogP contribution in [0.4, 0.5) is 0 Å². The predicted molar refractivity (Wildman–Crippen MR) is 50.6 cm³/mol. The largest absolute Gasteiger partial charge is 0.504 e. The van der Waals surface area contributed by atoms with Crippen LogP contribution < -0.4 is 0 Å². The van der Waals surface area contributed by atoms with Gasteiger partial charge in [-0.25, -0.2) is 14.4 Å². The van der Waals surface area contributed by atoms with Crippen LogP contribution in [0.25, 0.3) is 0 Å². The van der Waals surface area contributed by atoms with E-state index in [0.717, 1.165) is 0 Å². The van der Waals surface area contributed by atoms with Crippen LogP contribution in [0.2, 0.25) is 0 Å². The number of hydrogen-bond acceptors (Lipinski definition) is 5. The highest BCUT2D eigenvalue weighted by molar-refractivity contribution is 6.11. The quantitative estimate of drug-likeness (QED) is 0.471.